The van der Waals surface area contributed by atoms with Gasteiger partial charge in [0.25, 0.3) is 0 Å². The number of anilines is 1. The van der Waals surface area contributed by atoms with Crippen LogP contribution in [0.3, 0.4) is 0 Å². The molecule has 2 aromatic rings. The summed E-state index contributed by atoms with van der Waals surface area (Å²) in [6.07, 6.45) is 3.51. The Morgan fingerprint density at radius 3 is 2.39 bits per heavy atom. The van der Waals surface area contributed by atoms with Crippen LogP contribution in [-0.2, 0) is 6.42 Å². The van der Waals surface area contributed by atoms with Crippen molar-refractivity contribution < 1.29 is 4.39 Å². The zero-order chi connectivity index (χ0) is 13.0. The number of hydrogen-bond acceptors (Lipinski definition) is 1. The molecule has 0 aliphatic rings. The van der Waals surface area contributed by atoms with Gasteiger partial charge in [0.15, 0.2) is 0 Å². The number of hydrogen-bond donors (Lipinski definition) is 1. The zero-order valence-electron chi connectivity index (χ0n) is 10.6. The van der Waals surface area contributed by atoms with Crippen molar-refractivity contribution in [3.63, 3.8) is 0 Å². The van der Waals surface area contributed by atoms with Crippen LogP contribution >= 0.6 is 0 Å². The Morgan fingerprint density at radius 1 is 1.06 bits per heavy atom. The van der Waals surface area contributed by atoms with Gasteiger partial charge in [0.05, 0.1) is 0 Å². The summed E-state index contributed by atoms with van der Waals surface area (Å²) in [5.74, 6) is -0.296. The molecule has 2 N–H and O–H groups in total. The second-order valence-corrected chi connectivity index (χ2v) is 4.53. The highest BCUT2D eigenvalue weighted by molar-refractivity contribution is 5.76. The molecule has 0 aromatic heterocycles. The summed E-state index contributed by atoms with van der Waals surface area (Å²) in [6.45, 7) is 2.19. The highest BCUT2D eigenvalue weighted by Gasteiger charge is 2.03. The molecule has 0 radical (unpaired) electrons. The molecule has 0 aliphatic heterocycles. The van der Waals surface area contributed by atoms with Crippen molar-refractivity contribution in [3.05, 3.63) is 53.8 Å². The molecule has 2 heteroatoms. The Hall–Kier alpha value is -1.83. The second kappa shape index (κ2) is 5.67. The first-order valence-electron chi connectivity index (χ1n) is 6.35. The van der Waals surface area contributed by atoms with Crippen LogP contribution in [0.2, 0.25) is 0 Å². The minimum Gasteiger partial charge on any atom is -0.398 e. The average Bonchev–Trinajstić information content (AvgIpc) is 2.37. The summed E-state index contributed by atoms with van der Waals surface area (Å²) in [5.41, 5.74) is 9.57. The quantitative estimate of drug-likeness (QED) is 0.790. The number of nitrogens with two attached hydrogens (primary N) is 1. The third-order valence-corrected chi connectivity index (χ3v) is 3.10. The number of unbranched alkanes of at least 4 members (excludes halogenated alkanes) is 1. The maximum absolute atomic E-state index is 13.0. The number of aryl methyl sites for hydroxylation is 1. The molecule has 0 spiro atoms. The van der Waals surface area contributed by atoms with Crippen molar-refractivity contribution >= 4 is 5.69 Å². The average molecular weight is 243 g/mol. The van der Waals surface area contributed by atoms with Gasteiger partial charge in [-0.25, -0.2) is 4.39 Å². The molecule has 94 valence electrons. The topological polar surface area (TPSA) is 26.0 Å². The van der Waals surface area contributed by atoms with E-state index in [-0.39, 0.29) is 5.82 Å². The molecule has 0 fully saturated rings. The SMILES string of the molecule is CCCCc1ccc(-c2ccc(F)cc2N)cc1. The van der Waals surface area contributed by atoms with Crippen molar-refractivity contribution in [3.8, 4) is 11.1 Å². The molecule has 0 unspecified atom stereocenters. The summed E-state index contributed by atoms with van der Waals surface area (Å²) in [6, 6.07) is 12.9. The fraction of sp³-hybridized carbons (Fsp3) is 0.250. The summed E-state index contributed by atoms with van der Waals surface area (Å²) in [4.78, 5) is 0. The Balaban J connectivity index is 2.23. The first kappa shape index (κ1) is 12.6. The van der Waals surface area contributed by atoms with Crippen LogP contribution < -0.4 is 5.73 Å². The van der Waals surface area contributed by atoms with Gasteiger partial charge in [-0.3, -0.25) is 0 Å². The Morgan fingerprint density at radius 2 is 1.78 bits per heavy atom. The van der Waals surface area contributed by atoms with Gasteiger partial charge in [-0.1, -0.05) is 37.6 Å². The van der Waals surface area contributed by atoms with E-state index in [1.165, 1.54) is 30.5 Å². The molecular formula is C16H18FN. The third-order valence-electron chi connectivity index (χ3n) is 3.10. The second-order valence-electron chi connectivity index (χ2n) is 4.53. The predicted molar refractivity (Wildman–Crippen MR) is 74.9 cm³/mol. The highest BCUT2D eigenvalue weighted by atomic mass is 19.1. The largest absolute Gasteiger partial charge is 0.398 e. The molecule has 0 aliphatic carbocycles. The monoisotopic (exact) mass is 243 g/mol. The van der Waals surface area contributed by atoms with Crippen LogP contribution in [0.25, 0.3) is 11.1 Å². The molecule has 2 aromatic carbocycles. The lowest BCUT2D eigenvalue weighted by molar-refractivity contribution is 0.628. The molecule has 18 heavy (non-hydrogen) atoms. The van der Waals surface area contributed by atoms with Crippen molar-refractivity contribution in [1.82, 2.24) is 0 Å². The minimum atomic E-state index is -0.296. The van der Waals surface area contributed by atoms with Crippen molar-refractivity contribution in [2.75, 3.05) is 5.73 Å². The highest BCUT2D eigenvalue weighted by Crippen LogP contribution is 2.26. The number of rotatable bonds is 4. The lowest BCUT2D eigenvalue weighted by Gasteiger charge is -2.07. The molecule has 1 nitrogen and oxygen atoms in total. The van der Waals surface area contributed by atoms with E-state index in [0.29, 0.717) is 5.69 Å². The van der Waals surface area contributed by atoms with E-state index in [4.69, 9.17) is 5.73 Å². The fourth-order valence-corrected chi connectivity index (χ4v) is 2.03. The summed E-state index contributed by atoms with van der Waals surface area (Å²) in [7, 11) is 0. The molecule has 0 atom stereocenters. The van der Waals surface area contributed by atoms with Gasteiger partial charge in [0.1, 0.15) is 5.82 Å². The zero-order valence-corrected chi connectivity index (χ0v) is 10.6. The van der Waals surface area contributed by atoms with Crippen LogP contribution in [0.15, 0.2) is 42.5 Å². The molecule has 2 rings (SSSR count). The van der Waals surface area contributed by atoms with Gasteiger partial charge in [0, 0.05) is 11.3 Å². The van der Waals surface area contributed by atoms with E-state index >= 15 is 0 Å². The summed E-state index contributed by atoms with van der Waals surface area (Å²) < 4.78 is 13.0. The molecule has 0 saturated heterocycles. The van der Waals surface area contributed by atoms with E-state index in [1.807, 2.05) is 0 Å². The van der Waals surface area contributed by atoms with E-state index in [9.17, 15) is 4.39 Å². The molecule has 0 heterocycles. The van der Waals surface area contributed by atoms with E-state index in [2.05, 4.69) is 31.2 Å². The van der Waals surface area contributed by atoms with Gasteiger partial charge in [-0.15, -0.1) is 0 Å². The Kier molecular flexibility index (Phi) is 3.98. The van der Waals surface area contributed by atoms with Gasteiger partial charge < -0.3 is 5.73 Å². The third kappa shape index (κ3) is 2.89. The number of halogens is 1. The van der Waals surface area contributed by atoms with Gasteiger partial charge >= 0.3 is 0 Å². The smallest absolute Gasteiger partial charge is 0.125 e. The van der Waals surface area contributed by atoms with Gasteiger partial charge in [-0.2, -0.15) is 0 Å². The van der Waals surface area contributed by atoms with Gasteiger partial charge in [0.2, 0.25) is 0 Å². The molecular weight excluding hydrogens is 225 g/mol. The molecule has 0 bridgehead atoms. The van der Waals surface area contributed by atoms with Crippen LogP contribution in [0, 0.1) is 5.82 Å². The van der Waals surface area contributed by atoms with Crippen LogP contribution in [-0.4, -0.2) is 0 Å². The Bertz CT molecular complexity index is 517. The minimum absolute atomic E-state index is 0.296. The summed E-state index contributed by atoms with van der Waals surface area (Å²) >= 11 is 0. The maximum Gasteiger partial charge on any atom is 0.125 e. The predicted octanol–water partition coefficient (Wildman–Crippen LogP) is 4.42. The first-order chi connectivity index (χ1) is 8.70. The lowest BCUT2D eigenvalue weighted by Crippen LogP contribution is -1.92. The van der Waals surface area contributed by atoms with Crippen LogP contribution in [0.1, 0.15) is 25.3 Å². The van der Waals surface area contributed by atoms with Crippen LogP contribution in [0.5, 0.6) is 0 Å². The Labute approximate surface area is 107 Å². The number of nitrogen functional groups attached to an aromatic ring is 1. The summed E-state index contributed by atoms with van der Waals surface area (Å²) in [5, 5.41) is 0. The van der Waals surface area contributed by atoms with Crippen LogP contribution in [0.4, 0.5) is 10.1 Å². The molecule has 0 saturated carbocycles. The van der Waals surface area contributed by atoms with Gasteiger partial charge in [-0.05, 0) is 42.2 Å². The van der Waals surface area contributed by atoms with E-state index in [0.717, 1.165) is 17.5 Å². The van der Waals surface area contributed by atoms with Crippen molar-refractivity contribution in [1.29, 1.82) is 0 Å². The number of benzene rings is 2. The normalized spacial score (nSPS) is 10.6. The lowest BCUT2D eigenvalue weighted by atomic mass is 10.0. The van der Waals surface area contributed by atoms with Crippen molar-refractivity contribution in [2.45, 2.75) is 26.2 Å². The first-order valence-corrected chi connectivity index (χ1v) is 6.35. The fourth-order valence-electron chi connectivity index (χ4n) is 2.03. The van der Waals surface area contributed by atoms with E-state index < -0.39 is 0 Å². The molecule has 0 amide bonds. The van der Waals surface area contributed by atoms with Crippen molar-refractivity contribution in [2.24, 2.45) is 0 Å². The van der Waals surface area contributed by atoms with E-state index in [1.54, 1.807) is 6.07 Å². The maximum atomic E-state index is 13.0. The standard InChI is InChI=1S/C16H18FN/c1-2-3-4-12-5-7-13(8-6-12)15-10-9-14(17)11-16(15)18/h5-11H,2-4,18H2,1H3.